The molecule has 0 saturated carbocycles. The first-order valence-corrected chi connectivity index (χ1v) is 8.53. The molecule has 0 aliphatic carbocycles. The first-order valence-electron chi connectivity index (χ1n) is 6.83. The highest BCUT2D eigenvalue weighted by atomic mass is 35.5. The van der Waals surface area contributed by atoms with Crippen molar-refractivity contribution in [3.8, 4) is 0 Å². The Kier molecular flexibility index (Phi) is 5.34. The molecule has 1 aromatic heterocycles. The molecule has 0 saturated heterocycles. The van der Waals surface area contributed by atoms with Gasteiger partial charge in [0.05, 0.1) is 21.1 Å². The number of hydrazine groups is 1. The van der Waals surface area contributed by atoms with Crippen molar-refractivity contribution in [1.82, 2.24) is 10.4 Å². The summed E-state index contributed by atoms with van der Waals surface area (Å²) in [6.45, 7) is 5.49. The van der Waals surface area contributed by atoms with E-state index in [-0.39, 0.29) is 16.8 Å². The number of carbonyl (C=O) groups excluding carboxylic acids is 2. The second kappa shape index (κ2) is 6.91. The molecule has 7 heteroatoms. The average Bonchev–Trinajstić information content (AvgIpc) is 3.00. The highest BCUT2D eigenvalue weighted by molar-refractivity contribution is 7.08. The van der Waals surface area contributed by atoms with Gasteiger partial charge in [-0.05, 0) is 50.4 Å². The van der Waals surface area contributed by atoms with Gasteiger partial charge in [-0.3, -0.25) is 15.0 Å². The van der Waals surface area contributed by atoms with E-state index in [0.29, 0.717) is 16.1 Å². The molecule has 4 nitrogen and oxygen atoms in total. The van der Waals surface area contributed by atoms with Gasteiger partial charge in [0.2, 0.25) is 0 Å². The van der Waals surface area contributed by atoms with E-state index in [1.54, 1.807) is 29.0 Å². The Hall–Kier alpha value is -1.56. The van der Waals surface area contributed by atoms with Crippen LogP contribution in [0.3, 0.4) is 0 Å². The van der Waals surface area contributed by atoms with Crippen molar-refractivity contribution in [1.29, 1.82) is 0 Å². The van der Waals surface area contributed by atoms with Gasteiger partial charge in [-0.2, -0.15) is 11.3 Å². The Morgan fingerprint density at radius 2 is 1.78 bits per heavy atom. The molecule has 2 aromatic rings. The molecule has 0 atom stereocenters. The van der Waals surface area contributed by atoms with Crippen LogP contribution in [0.4, 0.5) is 0 Å². The fourth-order valence-electron chi connectivity index (χ4n) is 1.84. The molecule has 0 radical (unpaired) electrons. The Balaban J connectivity index is 2.29. The predicted molar refractivity (Wildman–Crippen MR) is 94.2 cm³/mol. The fourth-order valence-corrected chi connectivity index (χ4v) is 2.78. The number of carbonyl (C=O) groups is 2. The van der Waals surface area contributed by atoms with Crippen LogP contribution in [-0.4, -0.2) is 22.4 Å². The minimum absolute atomic E-state index is 0.288. The van der Waals surface area contributed by atoms with Gasteiger partial charge in [0.1, 0.15) is 0 Å². The number of nitrogens with one attached hydrogen (secondary N) is 1. The monoisotopic (exact) mass is 370 g/mol. The zero-order chi connectivity index (χ0) is 17.2. The Morgan fingerprint density at radius 1 is 1.09 bits per heavy atom. The van der Waals surface area contributed by atoms with Crippen LogP contribution in [0.1, 0.15) is 41.5 Å². The SMILES string of the molecule is CC(C)(C)N(NC(=O)c1ccsc1)C(=O)c1ccc(Cl)c(Cl)c1. The van der Waals surface area contributed by atoms with Crippen LogP contribution < -0.4 is 5.43 Å². The summed E-state index contributed by atoms with van der Waals surface area (Å²) in [7, 11) is 0. The third kappa shape index (κ3) is 4.25. The molecule has 1 N–H and O–H groups in total. The first-order chi connectivity index (χ1) is 10.7. The number of nitrogens with zero attached hydrogens (tertiary/aromatic N) is 1. The molecular weight excluding hydrogens is 355 g/mol. The highest BCUT2D eigenvalue weighted by Crippen LogP contribution is 2.24. The quantitative estimate of drug-likeness (QED) is 0.782. The summed E-state index contributed by atoms with van der Waals surface area (Å²) in [5.41, 5.74) is 2.90. The van der Waals surface area contributed by atoms with Crippen LogP contribution >= 0.6 is 34.5 Å². The van der Waals surface area contributed by atoms with Crippen molar-refractivity contribution in [2.45, 2.75) is 26.3 Å². The van der Waals surface area contributed by atoms with Crippen molar-refractivity contribution in [3.63, 3.8) is 0 Å². The number of thiophene rings is 1. The van der Waals surface area contributed by atoms with Gasteiger partial charge in [-0.25, -0.2) is 5.01 Å². The van der Waals surface area contributed by atoms with E-state index in [2.05, 4.69) is 5.43 Å². The fraction of sp³-hybridized carbons (Fsp3) is 0.250. The number of halogens is 2. The molecular formula is C16H16Cl2N2O2S. The molecule has 0 bridgehead atoms. The minimum Gasteiger partial charge on any atom is -0.267 e. The van der Waals surface area contributed by atoms with Crippen molar-refractivity contribution < 1.29 is 9.59 Å². The van der Waals surface area contributed by atoms with Crippen LogP contribution in [0.25, 0.3) is 0 Å². The molecule has 2 rings (SSSR count). The van der Waals surface area contributed by atoms with Gasteiger partial charge in [-0.1, -0.05) is 23.2 Å². The summed E-state index contributed by atoms with van der Waals surface area (Å²) < 4.78 is 0. The Morgan fingerprint density at radius 3 is 2.30 bits per heavy atom. The lowest BCUT2D eigenvalue weighted by Crippen LogP contribution is -2.55. The molecule has 1 heterocycles. The van der Waals surface area contributed by atoms with Crippen molar-refractivity contribution in [2.75, 3.05) is 0 Å². The zero-order valence-corrected chi connectivity index (χ0v) is 15.2. The minimum atomic E-state index is -0.616. The summed E-state index contributed by atoms with van der Waals surface area (Å²) >= 11 is 13.3. The molecule has 2 amide bonds. The summed E-state index contributed by atoms with van der Waals surface area (Å²) in [6.07, 6.45) is 0. The highest BCUT2D eigenvalue weighted by Gasteiger charge is 2.30. The van der Waals surface area contributed by atoms with Crippen LogP contribution in [0.2, 0.25) is 10.0 Å². The second-order valence-electron chi connectivity index (χ2n) is 5.89. The first kappa shape index (κ1) is 17.8. The van der Waals surface area contributed by atoms with Crippen LogP contribution in [0.5, 0.6) is 0 Å². The van der Waals surface area contributed by atoms with Gasteiger partial charge in [0, 0.05) is 10.9 Å². The van der Waals surface area contributed by atoms with E-state index in [1.165, 1.54) is 22.4 Å². The maximum atomic E-state index is 12.8. The number of amides is 2. The van der Waals surface area contributed by atoms with E-state index >= 15 is 0 Å². The summed E-state index contributed by atoms with van der Waals surface area (Å²) in [4.78, 5) is 25.0. The van der Waals surface area contributed by atoms with E-state index < -0.39 is 5.54 Å². The van der Waals surface area contributed by atoms with E-state index in [0.717, 1.165) is 0 Å². The lowest BCUT2D eigenvalue weighted by molar-refractivity contribution is 0.0359. The third-order valence-corrected chi connectivity index (χ3v) is 4.46. The normalized spacial score (nSPS) is 11.2. The third-order valence-electron chi connectivity index (χ3n) is 3.04. The van der Waals surface area contributed by atoms with Gasteiger partial charge in [0.15, 0.2) is 0 Å². The molecule has 0 fully saturated rings. The van der Waals surface area contributed by atoms with Crippen LogP contribution in [0.15, 0.2) is 35.0 Å². The Labute approximate surface area is 149 Å². The van der Waals surface area contributed by atoms with Gasteiger partial charge in [-0.15, -0.1) is 0 Å². The predicted octanol–water partition coefficient (Wildman–Crippen LogP) is 4.64. The standard InChI is InChI=1S/C16H16Cl2N2O2S/c1-16(2,3)20(19-14(21)11-6-7-23-9-11)15(22)10-4-5-12(17)13(18)8-10/h4-9H,1-3H3,(H,19,21). The lowest BCUT2D eigenvalue weighted by Gasteiger charge is -2.35. The van der Waals surface area contributed by atoms with Crippen molar-refractivity contribution >= 4 is 46.4 Å². The number of benzene rings is 1. The van der Waals surface area contributed by atoms with E-state index in [9.17, 15) is 9.59 Å². The van der Waals surface area contributed by atoms with Crippen LogP contribution in [0, 0.1) is 0 Å². The molecule has 0 spiro atoms. The van der Waals surface area contributed by atoms with E-state index in [1.807, 2.05) is 20.8 Å². The summed E-state index contributed by atoms with van der Waals surface area (Å²) in [6, 6.07) is 6.32. The smallest absolute Gasteiger partial charge is 0.267 e. The largest absolute Gasteiger partial charge is 0.272 e. The lowest BCUT2D eigenvalue weighted by atomic mass is 10.1. The number of hydrogen-bond acceptors (Lipinski definition) is 3. The van der Waals surface area contributed by atoms with Gasteiger partial charge < -0.3 is 0 Å². The molecule has 0 aliphatic rings. The summed E-state index contributed by atoms with van der Waals surface area (Å²) in [5, 5.41) is 5.48. The van der Waals surface area contributed by atoms with E-state index in [4.69, 9.17) is 23.2 Å². The number of rotatable bonds is 2. The van der Waals surface area contributed by atoms with Gasteiger partial charge in [0.25, 0.3) is 11.8 Å². The maximum Gasteiger partial charge on any atom is 0.272 e. The molecule has 1 aromatic carbocycles. The van der Waals surface area contributed by atoms with Gasteiger partial charge >= 0.3 is 0 Å². The topological polar surface area (TPSA) is 49.4 Å². The molecule has 0 aliphatic heterocycles. The Bertz CT molecular complexity index is 724. The maximum absolute atomic E-state index is 12.8. The van der Waals surface area contributed by atoms with Crippen LogP contribution in [-0.2, 0) is 0 Å². The van der Waals surface area contributed by atoms with Crippen molar-refractivity contribution in [3.05, 3.63) is 56.2 Å². The molecule has 122 valence electrons. The molecule has 23 heavy (non-hydrogen) atoms. The molecule has 0 unspecified atom stereocenters. The average molecular weight is 371 g/mol. The number of hydrogen-bond donors (Lipinski definition) is 1. The summed E-state index contributed by atoms with van der Waals surface area (Å²) in [5.74, 6) is -0.700. The second-order valence-corrected chi connectivity index (χ2v) is 7.49. The van der Waals surface area contributed by atoms with Crippen molar-refractivity contribution in [2.24, 2.45) is 0 Å². The zero-order valence-electron chi connectivity index (χ0n) is 12.9.